The summed E-state index contributed by atoms with van der Waals surface area (Å²) in [6.45, 7) is 0.726. The third kappa shape index (κ3) is 3.77. The normalized spacial score (nSPS) is 12.5. The number of rotatable bonds is 6. The number of hydrogen-bond donors (Lipinski definition) is 2. The van der Waals surface area contributed by atoms with Crippen LogP contribution in [0.4, 0.5) is 0 Å². The van der Waals surface area contributed by atoms with Crippen LogP contribution in [0.3, 0.4) is 0 Å². The quantitative estimate of drug-likeness (QED) is 0.790. The third-order valence-electron chi connectivity index (χ3n) is 2.56. The van der Waals surface area contributed by atoms with Crippen LogP contribution in [-0.4, -0.2) is 13.7 Å². The average Bonchev–Trinajstić information content (AvgIpc) is 2.29. The van der Waals surface area contributed by atoms with Gasteiger partial charge in [0.1, 0.15) is 5.75 Å². The van der Waals surface area contributed by atoms with E-state index in [2.05, 4.69) is 15.9 Å². The molecule has 0 aliphatic carbocycles. The summed E-state index contributed by atoms with van der Waals surface area (Å²) in [5, 5.41) is 0. The standard InChI is InChI=1S/C12H19BrN2O/c1-16-12-8-9(13)5-6-10(12)11(15)4-2-3-7-14/h5-6,8,11H,2-4,7,14-15H2,1H3/t11-/m0/s1. The summed E-state index contributed by atoms with van der Waals surface area (Å²) >= 11 is 3.41. The van der Waals surface area contributed by atoms with Crippen LogP contribution in [-0.2, 0) is 0 Å². The maximum absolute atomic E-state index is 6.13. The van der Waals surface area contributed by atoms with Crippen molar-refractivity contribution >= 4 is 15.9 Å². The Morgan fingerprint density at radius 2 is 2.12 bits per heavy atom. The van der Waals surface area contributed by atoms with Crippen LogP contribution in [0.1, 0.15) is 30.9 Å². The van der Waals surface area contributed by atoms with Crippen molar-refractivity contribution < 1.29 is 4.74 Å². The third-order valence-corrected chi connectivity index (χ3v) is 3.06. The van der Waals surface area contributed by atoms with Crippen molar-refractivity contribution in [3.05, 3.63) is 28.2 Å². The molecule has 0 saturated heterocycles. The van der Waals surface area contributed by atoms with Gasteiger partial charge in [-0.2, -0.15) is 0 Å². The number of hydrogen-bond acceptors (Lipinski definition) is 3. The molecule has 0 aliphatic rings. The molecule has 0 aromatic heterocycles. The Morgan fingerprint density at radius 3 is 2.75 bits per heavy atom. The molecular formula is C12H19BrN2O. The molecule has 0 saturated carbocycles. The van der Waals surface area contributed by atoms with E-state index in [1.54, 1.807) is 7.11 Å². The minimum atomic E-state index is 0.0228. The van der Waals surface area contributed by atoms with Crippen molar-refractivity contribution in [3.8, 4) is 5.75 Å². The zero-order valence-corrected chi connectivity index (χ0v) is 11.2. The van der Waals surface area contributed by atoms with E-state index < -0.39 is 0 Å². The van der Waals surface area contributed by atoms with Gasteiger partial charge in [-0.25, -0.2) is 0 Å². The van der Waals surface area contributed by atoms with Crippen molar-refractivity contribution in [3.63, 3.8) is 0 Å². The number of ether oxygens (including phenoxy) is 1. The molecule has 0 unspecified atom stereocenters. The van der Waals surface area contributed by atoms with E-state index in [9.17, 15) is 0 Å². The molecule has 1 atom stereocenters. The predicted octanol–water partition coefficient (Wildman–Crippen LogP) is 2.59. The molecule has 0 spiro atoms. The van der Waals surface area contributed by atoms with Gasteiger partial charge in [0.15, 0.2) is 0 Å². The van der Waals surface area contributed by atoms with E-state index in [1.165, 1.54) is 0 Å². The fourth-order valence-corrected chi connectivity index (χ4v) is 2.00. The summed E-state index contributed by atoms with van der Waals surface area (Å²) in [4.78, 5) is 0. The second-order valence-corrected chi connectivity index (χ2v) is 4.69. The van der Waals surface area contributed by atoms with E-state index in [-0.39, 0.29) is 6.04 Å². The number of unbranched alkanes of at least 4 members (excludes halogenated alkanes) is 1. The Kier molecular flexibility index (Phi) is 5.80. The van der Waals surface area contributed by atoms with Gasteiger partial charge in [-0.1, -0.05) is 28.4 Å². The monoisotopic (exact) mass is 286 g/mol. The smallest absolute Gasteiger partial charge is 0.124 e. The molecule has 0 fully saturated rings. The zero-order valence-electron chi connectivity index (χ0n) is 9.58. The summed E-state index contributed by atoms with van der Waals surface area (Å²) in [7, 11) is 1.66. The van der Waals surface area contributed by atoms with Crippen molar-refractivity contribution in [2.45, 2.75) is 25.3 Å². The molecule has 4 N–H and O–H groups in total. The van der Waals surface area contributed by atoms with Crippen LogP contribution in [0.2, 0.25) is 0 Å². The van der Waals surface area contributed by atoms with Crippen LogP contribution in [0, 0.1) is 0 Å². The second-order valence-electron chi connectivity index (χ2n) is 3.78. The molecule has 1 aromatic carbocycles. The highest BCUT2D eigenvalue weighted by atomic mass is 79.9. The maximum Gasteiger partial charge on any atom is 0.124 e. The highest BCUT2D eigenvalue weighted by Gasteiger charge is 2.11. The van der Waals surface area contributed by atoms with Gasteiger partial charge in [0.2, 0.25) is 0 Å². The number of benzene rings is 1. The minimum Gasteiger partial charge on any atom is -0.496 e. The van der Waals surface area contributed by atoms with Crippen molar-refractivity contribution in [1.82, 2.24) is 0 Å². The number of nitrogens with two attached hydrogens (primary N) is 2. The Bertz CT molecular complexity index is 331. The second kappa shape index (κ2) is 6.89. The lowest BCUT2D eigenvalue weighted by Crippen LogP contribution is -2.12. The van der Waals surface area contributed by atoms with Gasteiger partial charge in [0.05, 0.1) is 7.11 Å². The molecule has 0 bridgehead atoms. The molecule has 16 heavy (non-hydrogen) atoms. The summed E-state index contributed by atoms with van der Waals surface area (Å²) in [6, 6.07) is 5.96. The van der Waals surface area contributed by atoms with Gasteiger partial charge < -0.3 is 16.2 Å². The van der Waals surface area contributed by atoms with E-state index in [4.69, 9.17) is 16.2 Å². The average molecular weight is 287 g/mol. The van der Waals surface area contributed by atoms with Crippen LogP contribution >= 0.6 is 15.9 Å². The first-order valence-electron chi connectivity index (χ1n) is 5.48. The lowest BCUT2D eigenvalue weighted by molar-refractivity contribution is 0.403. The summed E-state index contributed by atoms with van der Waals surface area (Å²) in [6.07, 6.45) is 3.01. The van der Waals surface area contributed by atoms with E-state index in [1.807, 2.05) is 18.2 Å². The highest BCUT2D eigenvalue weighted by Crippen LogP contribution is 2.29. The summed E-state index contributed by atoms with van der Waals surface area (Å²) < 4.78 is 6.32. The summed E-state index contributed by atoms with van der Waals surface area (Å²) in [5.41, 5.74) is 12.6. The van der Waals surface area contributed by atoms with Crippen LogP contribution in [0.5, 0.6) is 5.75 Å². The van der Waals surface area contributed by atoms with E-state index in [0.717, 1.165) is 41.6 Å². The Balaban J connectivity index is 2.70. The summed E-state index contributed by atoms with van der Waals surface area (Å²) in [5.74, 6) is 0.842. The van der Waals surface area contributed by atoms with Crippen molar-refractivity contribution in [1.29, 1.82) is 0 Å². The van der Waals surface area contributed by atoms with Gasteiger partial charge in [0.25, 0.3) is 0 Å². The molecule has 90 valence electrons. The molecule has 0 heterocycles. The first kappa shape index (κ1) is 13.5. The van der Waals surface area contributed by atoms with Crippen molar-refractivity contribution in [2.24, 2.45) is 11.5 Å². The van der Waals surface area contributed by atoms with Gasteiger partial charge in [0, 0.05) is 16.1 Å². The highest BCUT2D eigenvalue weighted by molar-refractivity contribution is 9.10. The molecule has 1 aromatic rings. The van der Waals surface area contributed by atoms with E-state index in [0.29, 0.717) is 0 Å². The Labute approximate surface area is 105 Å². The fraction of sp³-hybridized carbons (Fsp3) is 0.500. The fourth-order valence-electron chi connectivity index (χ4n) is 1.66. The minimum absolute atomic E-state index is 0.0228. The van der Waals surface area contributed by atoms with Crippen LogP contribution in [0.15, 0.2) is 22.7 Å². The SMILES string of the molecule is COc1cc(Br)ccc1[C@@H](N)CCCCN. The molecule has 4 heteroatoms. The molecule has 0 amide bonds. The number of methoxy groups -OCH3 is 1. The first-order valence-corrected chi connectivity index (χ1v) is 6.27. The lowest BCUT2D eigenvalue weighted by Gasteiger charge is -2.15. The number of halogens is 1. The van der Waals surface area contributed by atoms with Gasteiger partial charge >= 0.3 is 0 Å². The first-order chi connectivity index (χ1) is 7.69. The molecule has 3 nitrogen and oxygen atoms in total. The Hall–Kier alpha value is -0.580. The topological polar surface area (TPSA) is 61.3 Å². The van der Waals surface area contributed by atoms with Gasteiger partial charge in [-0.05, 0) is 31.5 Å². The van der Waals surface area contributed by atoms with Crippen molar-refractivity contribution in [2.75, 3.05) is 13.7 Å². The van der Waals surface area contributed by atoms with Crippen LogP contribution in [0.25, 0.3) is 0 Å². The van der Waals surface area contributed by atoms with Gasteiger partial charge in [-0.3, -0.25) is 0 Å². The Morgan fingerprint density at radius 1 is 1.38 bits per heavy atom. The van der Waals surface area contributed by atoms with E-state index >= 15 is 0 Å². The molecule has 1 rings (SSSR count). The van der Waals surface area contributed by atoms with Crippen LogP contribution < -0.4 is 16.2 Å². The largest absolute Gasteiger partial charge is 0.496 e. The predicted molar refractivity (Wildman–Crippen MR) is 70.5 cm³/mol. The maximum atomic E-state index is 6.13. The lowest BCUT2D eigenvalue weighted by atomic mass is 10.0. The van der Waals surface area contributed by atoms with Gasteiger partial charge in [-0.15, -0.1) is 0 Å². The molecule has 0 radical (unpaired) electrons. The molecular weight excluding hydrogens is 268 g/mol. The molecule has 0 aliphatic heterocycles. The zero-order chi connectivity index (χ0) is 12.0.